The summed E-state index contributed by atoms with van der Waals surface area (Å²) in [6.07, 6.45) is 1.09. The molecule has 0 radical (unpaired) electrons. The second-order valence-corrected chi connectivity index (χ2v) is 7.25. The molecule has 1 amide bonds. The van der Waals surface area contributed by atoms with E-state index in [1.54, 1.807) is 6.07 Å². The average Bonchev–Trinajstić information content (AvgIpc) is 2.42. The Morgan fingerprint density at radius 3 is 2.29 bits per heavy atom. The lowest BCUT2D eigenvalue weighted by molar-refractivity contribution is 0.102. The van der Waals surface area contributed by atoms with Gasteiger partial charge in [0, 0.05) is 17.5 Å². The molecule has 110 valence electrons. The Kier molecular flexibility index (Phi) is 4.43. The van der Waals surface area contributed by atoms with Crippen LogP contribution in [0.2, 0.25) is 0 Å². The molecule has 1 N–H and O–H groups in total. The Bertz CT molecular complexity index is 788. The molecule has 7 heteroatoms. The molecule has 21 heavy (non-hydrogen) atoms. The summed E-state index contributed by atoms with van der Waals surface area (Å²) in [6.45, 7) is 0. The number of halogens is 2. The first-order valence-electron chi connectivity index (χ1n) is 5.84. The highest BCUT2D eigenvalue weighted by atomic mass is 79.9. The summed E-state index contributed by atoms with van der Waals surface area (Å²) in [5.74, 6) is -0.933. The summed E-state index contributed by atoms with van der Waals surface area (Å²) in [4.78, 5) is 12.1. The molecule has 2 aromatic rings. The molecule has 0 saturated carbocycles. The molecule has 4 nitrogen and oxygen atoms in total. The second kappa shape index (κ2) is 5.95. The van der Waals surface area contributed by atoms with Crippen molar-refractivity contribution in [2.75, 3.05) is 11.6 Å². The Balaban J connectivity index is 2.18. The van der Waals surface area contributed by atoms with Gasteiger partial charge in [0.15, 0.2) is 9.84 Å². The quantitative estimate of drug-likeness (QED) is 0.900. The van der Waals surface area contributed by atoms with E-state index in [-0.39, 0.29) is 10.5 Å². The van der Waals surface area contributed by atoms with Gasteiger partial charge in [0.2, 0.25) is 0 Å². The molecule has 2 aromatic carbocycles. The highest BCUT2D eigenvalue weighted by Gasteiger charge is 2.10. The van der Waals surface area contributed by atoms with Crippen molar-refractivity contribution in [1.29, 1.82) is 0 Å². The van der Waals surface area contributed by atoms with E-state index in [0.717, 1.165) is 6.26 Å². The SMILES string of the molecule is CS(=O)(=O)c1ccc(C(=O)Nc2ccc(Br)c(F)c2)cc1. The van der Waals surface area contributed by atoms with Gasteiger partial charge in [-0.3, -0.25) is 4.79 Å². The minimum atomic E-state index is -3.30. The molecule has 0 saturated heterocycles. The number of carbonyl (C=O) groups is 1. The van der Waals surface area contributed by atoms with E-state index in [4.69, 9.17) is 0 Å². The fourth-order valence-electron chi connectivity index (χ4n) is 1.63. The van der Waals surface area contributed by atoms with Crippen molar-refractivity contribution in [2.24, 2.45) is 0 Å². The number of carbonyl (C=O) groups excluding carboxylic acids is 1. The maximum absolute atomic E-state index is 13.4. The Hall–Kier alpha value is -1.73. The maximum Gasteiger partial charge on any atom is 0.255 e. The predicted molar refractivity (Wildman–Crippen MR) is 81.6 cm³/mol. The van der Waals surface area contributed by atoms with Crippen LogP contribution < -0.4 is 5.32 Å². The molecule has 0 aliphatic rings. The third-order valence-corrected chi connectivity index (χ3v) is 4.49. The van der Waals surface area contributed by atoms with Crippen molar-refractivity contribution in [1.82, 2.24) is 0 Å². The smallest absolute Gasteiger partial charge is 0.255 e. The molecule has 0 aromatic heterocycles. The van der Waals surface area contributed by atoms with Crippen LogP contribution in [0.1, 0.15) is 10.4 Å². The van der Waals surface area contributed by atoms with Crippen molar-refractivity contribution in [3.63, 3.8) is 0 Å². The number of rotatable bonds is 3. The molecular weight excluding hydrogens is 361 g/mol. The predicted octanol–water partition coefficient (Wildman–Crippen LogP) is 3.24. The summed E-state index contributed by atoms with van der Waals surface area (Å²) >= 11 is 3.02. The van der Waals surface area contributed by atoms with Crippen LogP contribution in [0.15, 0.2) is 51.8 Å². The standard InChI is InChI=1S/C14H11BrFNO3S/c1-21(19,20)11-5-2-9(3-6-11)14(18)17-10-4-7-12(15)13(16)8-10/h2-8H,1H3,(H,17,18). The van der Waals surface area contributed by atoms with Gasteiger partial charge >= 0.3 is 0 Å². The Labute approximate surface area is 130 Å². The van der Waals surface area contributed by atoms with Crippen molar-refractivity contribution in [3.8, 4) is 0 Å². The highest BCUT2D eigenvalue weighted by molar-refractivity contribution is 9.10. The molecule has 0 heterocycles. The van der Waals surface area contributed by atoms with E-state index in [2.05, 4.69) is 21.2 Å². The van der Waals surface area contributed by atoms with Gasteiger partial charge in [0.25, 0.3) is 5.91 Å². The third-order valence-electron chi connectivity index (χ3n) is 2.72. The van der Waals surface area contributed by atoms with Crippen molar-refractivity contribution in [2.45, 2.75) is 4.90 Å². The lowest BCUT2D eigenvalue weighted by atomic mass is 10.2. The molecule has 0 bridgehead atoms. The van der Waals surface area contributed by atoms with Crippen LogP contribution in [-0.4, -0.2) is 20.6 Å². The minimum Gasteiger partial charge on any atom is -0.322 e. The van der Waals surface area contributed by atoms with E-state index in [9.17, 15) is 17.6 Å². The first-order chi connectivity index (χ1) is 9.77. The molecule has 0 unspecified atom stereocenters. The van der Waals surface area contributed by atoms with Gasteiger partial charge in [-0.25, -0.2) is 12.8 Å². The average molecular weight is 372 g/mol. The number of anilines is 1. The highest BCUT2D eigenvalue weighted by Crippen LogP contribution is 2.20. The van der Waals surface area contributed by atoms with Crippen LogP contribution in [-0.2, 0) is 9.84 Å². The summed E-state index contributed by atoms with van der Waals surface area (Å²) in [5.41, 5.74) is 0.596. The summed E-state index contributed by atoms with van der Waals surface area (Å²) < 4.78 is 36.3. The fraction of sp³-hybridized carbons (Fsp3) is 0.0714. The molecule has 0 spiro atoms. The minimum absolute atomic E-state index is 0.133. The van der Waals surface area contributed by atoms with Crippen LogP contribution in [0.25, 0.3) is 0 Å². The fourth-order valence-corrected chi connectivity index (χ4v) is 2.51. The molecule has 2 rings (SSSR count). The number of hydrogen-bond acceptors (Lipinski definition) is 3. The lowest BCUT2D eigenvalue weighted by Crippen LogP contribution is -2.12. The van der Waals surface area contributed by atoms with Crippen LogP contribution >= 0.6 is 15.9 Å². The van der Waals surface area contributed by atoms with Crippen LogP contribution in [0.4, 0.5) is 10.1 Å². The van der Waals surface area contributed by atoms with E-state index >= 15 is 0 Å². The number of sulfone groups is 1. The Morgan fingerprint density at radius 2 is 1.76 bits per heavy atom. The molecular formula is C14H11BrFNO3S. The number of hydrogen-bond donors (Lipinski definition) is 1. The molecule has 0 aliphatic heterocycles. The van der Waals surface area contributed by atoms with Crippen molar-refractivity contribution in [3.05, 3.63) is 58.3 Å². The lowest BCUT2D eigenvalue weighted by Gasteiger charge is -2.06. The first-order valence-corrected chi connectivity index (χ1v) is 8.52. The molecule has 0 atom stereocenters. The van der Waals surface area contributed by atoms with Gasteiger partial charge in [-0.1, -0.05) is 0 Å². The van der Waals surface area contributed by atoms with Gasteiger partial charge in [-0.05, 0) is 58.4 Å². The molecule has 0 fully saturated rings. The zero-order valence-corrected chi connectivity index (χ0v) is 13.3. The Morgan fingerprint density at radius 1 is 1.14 bits per heavy atom. The summed E-state index contributed by atoms with van der Waals surface area (Å²) in [5, 5.41) is 2.54. The monoisotopic (exact) mass is 371 g/mol. The first kappa shape index (κ1) is 15.7. The number of benzene rings is 2. The summed E-state index contributed by atoms with van der Waals surface area (Å²) in [7, 11) is -3.30. The van der Waals surface area contributed by atoms with Crippen LogP contribution in [0, 0.1) is 5.82 Å². The van der Waals surface area contributed by atoms with E-state index in [1.165, 1.54) is 36.4 Å². The van der Waals surface area contributed by atoms with Gasteiger partial charge < -0.3 is 5.32 Å². The maximum atomic E-state index is 13.4. The van der Waals surface area contributed by atoms with E-state index < -0.39 is 21.6 Å². The zero-order valence-electron chi connectivity index (χ0n) is 10.9. The van der Waals surface area contributed by atoms with Crippen molar-refractivity contribution < 1.29 is 17.6 Å². The van der Waals surface area contributed by atoms with Gasteiger partial charge in [-0.15, -0.1) is 0 Å². The van der Waals surface area contributed by atoms with Crippen molar-refractivity contribution >= 4 is 37.4 Å². The zero-order chi connectivity index (χ0) is 15.6. The topological polar surface area (TPSA) is 63.2 Å². The summed E-state index contributed by atoms with van der Waals surface area (Å²) in [6, 6.07) is 9.74. The number of nitrogens with one attached hydrogen (secondary N) is 1. The van der Waals surface area contributed by atoms with E-state index in [1.807, 2.05) is 0 Å². The van der Waals surface area contributed by atoms with Gasteiger partial charge in [0.05, 0.1) is 9.37 Å². The van der Waals surface area contributed by atoms with Gasteiger partial charge in [-0.2, -0.15) is 0 Å². The molecule has 0 aliphatic carbocycles. The number of amides is 1. The largest absolute Gasteiger partial charge is 0.322 e. The second-order valence-electron chi connectivity index (χ2n) is 4.38. The van der Waals surface area contributed by atoms with Crippen LogP contribution in [0.3, 0.4) is 0 Å². The third kappa shape index (κ3) is 3.89. The van der Waals surface area contributed by atoms with E-state index in [0.29, 0.717) is 10.2 Å². The normalized spacial score (nSPS) is 11.2. The van der Waals surface area contributed by atoms with Gasteiger partial charge in [0.1, 0.15) is 5.82 Å². The van der Waals surface area contributed by atoms with Crippen LogP contribution in [0.5, 0.6) is 0 Å².